The molecule has 0 unspecified atom stereocenters. The molecule has 1 aromatic rings. The fourth-order valence-corrected chi connectivity index (χ4v) is 3.38. The number of allylic oxidation sites excluding steroid dienone is 2. The maximum Gasteiger partial charge on any atom is 0.337 e. The molecule has 1 saturated heterocycles. The molecule has 0 radical (unpaired) electrons. The van der Waals surface area contributed by atoms with Crippen LogP contribution in [-0.4, -0.2) is 41.7 Å². The lowest BCUT2D eigenvalue weighted by atomic mass is 9.85. The first kappa shape index (κ1) is 17.8. The molecule has 1 heterocycles. The molecule has 3 rings (SSSR count). The number of ether oxygens (including phenoxy) is 1. The van der Waals surface area contributed by atoms with Crippen LogP contribution in [0.2, 0.25) is 0 Å². The van der Waals surface area contributed by atoms with E-state index in [0.717, 1.165) is 4.90 Å². The summed E-state index contributed by atoms with van der Waals surface area (Å²) in [6, 6.07) is 5.28. The fourth-order valence-electron chi connectivity index (χ4n) is 3.38. The molecule has 0 bridgehead atoms. The lowest BCUT2D eigenvalue weighted by Crippen LogP contribution is -2.46. The monoisotopic (exact) mass is 356 g/mol. The number of imide groups is 1. The van der Waals surface area contributed by atoms with Crippen LogP contribution in [-0.2, 0) is 19.1 Å². The summed E-state index contributed by atoms with van der Waals surface area (Å²) in [5.41, 5.74) is 0.827. The van der Waals surface area contributed by atoms with E-state index in [1.54, 1.807) is 19.1 Å². The Morgan fingerprint density at radius 1 is 1.08 bits per heavy atom. The number of methoxy groups -OCH3 is 1. The lowest BCUT2D eigenvalue weighted by Gasteiger charge is -2.22. The van der Waals surface area contributed by atoms with E-state index in [2.05, 4.69) is 10.1 Å². The van der Waals surface area contributed by atoms with Crippen LogP contribution < -0.4 is 5.32 Å². The van der Waals surface area contributed by atoms with Crippen LogP contribution in [0.4, 0.5) is 5.69 Å². The highest BCUT2D eigenvalue weighted by molar-refractivity contribution is 6.10. The molecule has 0 saturated carbocycles. The Labute approximate surface area is 151 Å². The highest BCUT2D eigenvalue weighted by Gasteiger charge is 2.50. The van der Waals surface area contributed by atoms with Crippen molar-refractivity contribution in [2.24, 2.45) is 11.8 Å². The van der Waals surface area contributed by atoms with Gasteiger partial charge in [0.1, 0.15) is 6.04 Å². The molecule has 26 heavy (non-hydrogen) atoms. The number of hydrogen-bond acceptors (Lipinski definition) is 5. The highest BCUT2D eigenvalue weighted by atomic mass is 16.5. The number of carbonyl (C=O) groups excluding carboxylic acids is 4. The van der Waals surface area contributed by atoms with Crippen LogP contribution in [0, 0.1) is 11.8 Å². The van der Waals surface area contributed by atoms with Crippen molar-refractivity contribution < 1.29 is 23.9 Å². The summed E-state index contributed by atoms with van der Waals surface area (Å²) in [7, 11) is 1.29. The average Bonchev–Trinajstić information content (AvgIpc) is 2.92. The van der Waals surface area contributed by atoms with Gasteiger partial charge in [0.25, 0.3) is 0 Å². The molecule has 0 spiro atoms. The van der Waals surface area contributed by atoms with E-state index in [-0.39, 0.29) is 23.7 Å². The lowest BCUT2D eigenvalue weighted by molar-refractivity contribution is -0.146. The van der Waals surface area contributed by atoms with Crippen molar-refractivity contribution in [3.05, 3.63) is 42.0 Å². The van der Waals surface area contributed by atoms with Gasteiger partial charge in [0.05, 0.1) is 24.5 Å². The minimum atomic E-state index is -0.902. The number of hydrogen-bond donors (Lipinski definition) is 1. The molecule has 1 aliphatic carbocycles. The van der Waals surface area contributed by atoms with Gasteiger partial charge in [0.15, 0.2) is 0 Å². The zero-order valence-corrected chi connectivity index (χ0v) is 14.6. The van der Waals surface area contributed by atoms with E-state index in [9.17, 15) is 19.2 Å². The summed E-state index contributed by atoms with van der Waals surface area (Å²) in [6.45, 7) is 1.54. The molecule has 0 aromatic heterocycles. The largest absolute Gasteiger partial charge is 0.465 e. The van der Waals surface area contributed by atoms with Gasteiger partial charge in [-0.15, -0.1) is 0 Å². The Hall–Kier alpha value is -2.96. The Kier molecular flexibility index (Phi) is 4.88. The number of carbonyl (C=O) groups is 4. The van der Waals surface area contributed by atoms with Gasteiger partial charge >= 0.3 is 5.97 Å². The molecular weight excluding hydrogens is 336 g/mol. The van der Waals surface area contributed by atoms with Crippen LogP contribution in [0.3, 0.4) is 0 Å². The van der Waals surface area contributed by atoms with Gasteiger partial charge in [-0.05, 0) is 44.0 Å². The number of nitrogens with zero attached hydrogens (tertiary/aromatic N) is 1. The maximum atomic E-state index is 12.5. The minimum Gasteiger partial charge on any atom is -0.465 e. The fraction of sp³-hybridized carbons (Fsp3) is 0.368. The number of benzene rings is 1. The summed E-state index contributed by atoms with van der Waals surface area (Å²) in [6.07, 6.45) is 4.89. The number of nitrogens with one attached hydrogen (secondary N) is 1. The summed E-state index contributed by atoms with van der Waals surface area (Å²) >= 11 is 0. The van der Waals surface area contributed by atoms with Crippen molar-refractivity contribution in [1.82, 2.24) is 4.90 Å². The van der Waals surface area contributed by atoms with Gasteiger partial charge in [-0.3, -0.25) is 19.3 Å². The van der Waals surface area contributed by atoms with Crippen molar-refractivity contribution in [3.63, 3.8) is 0 Å². The molecule has 1 aromatic carbocycles. The molecule has 3 atom stereocenters. The third-order valence-electron chi connectivity index (χ3n) is 4.88. The van der Waals surface area contributed by atoms with Crippen molar-refractivity contribution in [2.75, 3.05) is 12.4 Å². The van der Waals surface area contributed by atoms with Crippen LogP contribution >= 0.6 is 0 Å². The molecule has 3 amide bonds. The first-order valence-electron chi connectivity index (χ1n) is 8.45. The molecule has 1 fully saturated rings. The SMILES string of the molecule is COC(=O)c1ccc(NC(=O)[C@H](C)N2C(=O)[C@@H]3CC=CC[C@H]3C2=O)cc1. The van der Waals surface area contributed by atoms with E-state index in [1.165, 1.54) is 19.2 Å². The quantitative estimate of drug-likeness (QED) is 0.504. The average molecular weight is 356 g/mol. The van der Waals surface area contributed by atoms with Gasteiger partial charge in [0.2, 0.25) is 17.7 Å². The van der Waals surface area contributed by atoms with E-state index in [0.29, 0.717) is 24.1 Å². The number of amides is 3. The molecule has 7 heteroatoms. The molecular formula is C19H20N2O5. The Morgan fingerprint density at radius 2 is 1.62 bits per heavy atom. The Morgan fingerprint density at radius 3 is 2.12 bits per heavy atom. The van der Waals surface area contributed by atoms with Crippen LogP contribution in [0.5, 0.6) is 0 Å². The summed E-state index contributed by atoms with van der Waals surface area (Å²) in [5, 5.41) is 2.67. The molecule has 1 aliphatic heterocycles. The van der Waals surface area contributed by atoms with E-state index >= 15 is 0 Å². The van der Waals surface area contributed by atoms with Crippen LogP contribution in [0.25, 0.3) is 0 Å². The van der Waals surface area contributed by atoms with Gasteiger partial charge in [-0.1, -0.05) is 12.2 Å². The maximum absolute atomic E-state index is 12.5. The number of rotatable bonds is 4. The van der Waals surface area contributed by atoms with Crippen LogP contribution in [0.1, 0.15) is 30.1 Å². The summed E-state index contributed by atoms with van der Waals surface area (Å²) < 4.78 is 4.62. The summed E-state index contributed by atoms with van der Waals surface area (Å²) in [5.74, 6) is -2.21. The number of likely N-dealkylation sites (tertiary alicyclic amines) is 1. The van der Waals surface area contributed by atoms with Gasteiger partial charge < -0.3 is 10.1 Å². The first-order valence-corrected chi connectivity index (χ1v) is 8.45. The highest BCUT2D eigenvalue weighted by Crippen LogP contribution is 2.36. The smallest absolute Gasteiger partial charge is 0.337 e. The third-order valence-corrected chi connectivity index (χ3v) is 4.88. The molecule has 7 nitrogen and oxygen atoms in total. The molecule has 1 N–H and O–H groups in total. The normalized spacial score (nSPS) is 22.8. The number of fused-ring (bicyclic) bond motifs is 1. The number of esters is 1. The zero-order valence-electron chi connectivity index (χ0n) is 14.6. The second kappa shape index (κ2) is 7.11. The Balaban J connectivity index is 1.69. The van der Waals surface area contributed by atoms with E-state index < -0.39 is 17.9 Å². The first-order chi connectivity index (χ1) is 12.4. The zero-order chi connectivity index (χ0) is 18.8. The predicted molar refractivity (Wildman–Crippen MR) is 93.1 cm³/mol. The Bertz CT molecular complexity index is 758. The second-order valence-corrected chi connectivity index (χ2v) is 6.44. The van der Waals surface area contributed by atoms with Gasteiger partial charge in [0, 0.05) is 5.69 Å². The molecule has 136 valence electrons. The minimum absolute atomic E-state index is 0.284. The van der Waals surface area contributed by atoms with Crippen molar-refractivity contribution >= 4 is 29.4 Å². The van der Waals surface area contributed by atoms with Gasteiger partial charge in [-0.2, -0.15) is 0 Å². The topological polar surface area (TPSA) is 92.8 Å². The third kappa shape index (κ3) is 3.12. The van der Waals surface area contributed by atoms with Crippen molar-refractivity contribution in [3.8, 4) is 0 Å². The standard InChI is InChI=1S/C19H20N2O5/c1-11(21-17(23)14-5-3-4-6-15(14)18(21)24)16(22)20-13-9-7-12(8-10-13)19(25)26-2/h3-4,7-11,14-15H,5-6H2,1-2H3,(H,20,22)/t11-,14+,15+/m0/s1. The summed E-state index contributed by atoms with van der Waals surface area (Å²) in [4.78, 5) is 50.1. The van der Waals surface area contributed by atoms with Crippen molar-refractivity contribution in [2.45, 2.75) is 25.8 Å². The van der Waals surface area contributed by atoms with Crippen LogP contribution in [0.15, 0.2) is 36.4 Å². The van der Waals surface area contributed by atoms with E-state index in [4.69, 9.17) is 0 Å². The van der Waals surface area contributed by atoms with Gasteiger partial charge in [-0.25, -0.2) is 4.79 Å². The van der Waals surface area contributed by atoms with E-state index in [1.807, 2.05) is 12.2 Å². The van der Waals surface area contributed by atoms with Crippen molar-refractivity contribution in [1.29, 1.82) is 0 Å². The second-order valence-electron chi connectivity index (χ2n) is 6.44. The predicted octanol–water partition coefficient (Wildman–Crippen LogP) is 1.75. The number of anilines is 1. The molecule has 2 aliphatic rings.